The lowest BCUT2D eigenvalue weighted by Crippen LogP contribution is -2.40. The van der Waals surface area contributed by atoms with Gasteiger partial charge in [0.05, 0.1) is 41.7 Å². The van der Waals surface area contributed by atoms with Crippen LogP contribution >= 0.6 is 22.9 Å². The number of methoxy groups -OCH3 is 2. The number of carbonyl (C=O) groups excluding carboxylic acids is 1. The highest BCUT2D eigenvalue weighted by atomic mass is 35.5. The summed E-state index contributed by atoms with van der Waals surface area (Å²) < 4.78 is 18.6. The van der Waals surface area contributed by atoms with Crippen LogP contribution in [0.15, 0.2) is 87.8 Å². The fourth-order valence-electron chi connectivity index (χ4n) is 4.69. The van der Waals surface area contributed by atoms with Gasteiger partial charge in [0.25, 0.3) is 5.56 Å². The number of hydrogen-bond donors (Lipinski definition) is 0. The van der Waals surface area contributed by atoms with Gasteiger partial charge in [0.15, 0.2) is 4.80 Å². The maximum Gasteiger partial charge on any atom is 0.338 e. The average molecular weight is 586 g/mol. The van der Waals surface area contributed by atoms with Crippen LogP contribution in [0.5, 0.6) is 11.5 Å². The van der Waals surface area contributed by atoms with E-state index in [9.17, 15) is 14.9 Å². The zero-order valence-electron chi connectivity index (χ0n) is 22.4. The van der Waals surface area contributed by atoms with Gasteiger partial charge in [-0.1, -0.05) is 59.3 Å². The molecule has 3 aromatic carbocycles. The molecule has 0 radical (unpaired) electrons. The molecule has 1 aromatic heterocycles. The molecule has 2 heterocycles. The topological polar surface area (TPSA) is 103 Å². The second kappa shape index (κ2) is 11.8. The van der Waals surface area contributed by atoms with E-state index in [2.05, 4.69) is 11.1 Å². The van der Waals surface area contributed by atoms with Crippen molar-refractivity contribution < 1.29 is 19.0 Å². The van der Waals surface area contributed by atoms with Gasteiger partial charge in [0.2, 0.25) is 0 Å². The lowest BCUT2D eigenvalue weighted by Gasteiger charge is -2.25. The van der Waals surface area contributed by atoms with Gasteiger partial charge in [-0.3, -0.25) is 9.36 Å². The minimum Gasteiger partial charge on any atom is -0.496 e. The zero-order valence-corrected chi connectivity index (χ0v) is 24.0. The van der Waals surface area contributed by atoms with Gasteiger partial charge in [-0.15, -0.1) is 0 Å². The number of hydrogen-bond acceptors (Lipinski definition) is 8. The van der Waals surface area contributed by atoms with Crippen LogP contribution in [-0.2, 0) is 16.1 Å². The van der Waals surface area contributed by atoms with Crippen molar-refractivity contribution in [1.29, 1.82) is 5.26 Å². The van der Waals surface area contributed by atoms with Crippen LogP contribution in [-0.4, -0.2) is 24.8 Å². The van der Waals surface area contributed by atoms with Gasteiger partial charge in [-0.25, -0.2) is 9.79 Å². The fraction of sp³-hybridized carbons (Fsp3) is 0.161. The van der Waals surface area contributed by atoms with Crippen molar-refractivity contribution in [3.63, 3.8) is 0 Å². The van der Waals surface area contributed by atoms with E-state index in [1.54, 1.807) is 49.4 Å². The molecule has 1 aliphatic heterocycles. The molecule has 0 fully saturated rings. The summed E-state index contributed by atoms with van der Waals surface area (Å²) in [6, 6.07) is 20.9. The number of thiazole rings is 1. The standard InChI is InChI=1S/C31H24ClN3O5S/c1-18-27(30(37)39-3)28(23-15-22(32)12-13-25(23)38-2)35-29(36)26(41-31(35)34-18)14-19-8-6-7-11-24(19)40-17-21-10-5-4-9-20(21)16-33/h4-15,28H,17H2,1-3H3/b26-14-/t28-/m1/s1. The van der Waals surface area contributed by atoms with E-state index in [0.29, 0.717) is 48.2 Å². The van der Waals surface area contributed by atoms with Crippen LogP contribution in [0.25, 0.3) is 6.08 Å². The number of aromatic nitrogens is 1. The molecule has 10 heteroatoms. The largest absolute Gasteiger partial charge is 0.496 e. The fourth-order valence-corrected chi connectivity index (χ4v) is 5.91. The van der Waals surface area contributed by atoms with E-state index in [1.807, 2.05) is 30.3 Å². The molecule has 1 atom stereocenters. The van der Waals surface area contributed by atoms with Crippen LogP contribution in [0.1, 0.15) is 35.2 Å². The molecule has 206 valence electrons. The Kier molecular flexibility index (Phi) is 8.06. The van der Waals surface area contributed by atoms with Gasteiger partial charge >= 0.3 is 5.97 Å². The summed E-state index contributed by atoms with van der Waals surface area (Å²) in [6.45, 7) is 1.89. The first-order chi connectivity index (χ1) is 19.9. The minimum atomic E-state index is -0.872. The van der Waals surface area contributed by atoms with Crippen LogP contribution in [0.2, 0.25) is 5.02 Å². The smallest absolute Gasteiger partial charge is 0.338 e. The van der Waals surface area contributed by atoms with E-state index in [4.69, 9.17) is 25.8 Å². The normalized spacial score (nSPS) is 14.6. The highest BCUT2D eigenvalue weighted by molar-refractivity contribution is 7.07. The highest BCUT2D eigenvalue weighted by Gasteiger charge is 2.35. The van der Waals surface area contributed by atoms with Crippen LogP contribution in [0.3, 0.4) is 0 Å². The summed E-state index contributed by atoms with van der Waals surface area (Å²) in [4.78, 5) is 32.0. The molecule has 41 heavy (non-hydrogen) atoms. The van der Waals surface area contributed by atoms with Crippen LogP contribution in [0, 0.1) is 11.3 Å². The van der Waals surface area contributed by atoms with E-state index >= 15 is 0 Å². The lowest BCUT2D eigenvalue weighted by atomic mass is 9.95. The Hall–Kier alpha value is -4.65. The molecule has 0 amide bonds. The number of nitriles is 1. The van der Waals surface area contributed by atoms with Gasteiger partial charge in [-0.05, 0) is 43.3 Å². The van der Waals surface area contributed by atoms with Crippen molar-refractivity contribution >= 4 is 35.0 Å². The number of halogens is 1. The molecular weight excluding hydrogens is 562 g/mol. The third-order valence-electron chi connectivity index (χ3n) is 6.64. The molecule has 0 saturated heterocycles. The van der Waals surface area contributed by atoms with Crippen molar-refractivity contribution in [3.05, 3.63) is 125 Å². The summed E-state index contributed by atoms with van der Waals surface area (Å²) in [6.07, 6.45) is 1.73. The van der Waals surface area contributed by atoms with Gasteiger partial charge in [0, 0.05) is 21.7 Å². The number of fused-ring (bicyclic) bond motifs is 1. The van der Waals surface area contributed by atoms with Crippen molar-refractivity contribution in [1.82, 2.24) is 4.57 Å². The van der Waals surface area contributed by atoms with Crippen molar-refractivity contribution in [2.24, 2.45) is 4.99 Å². The van der Waals surface area contributed by atoms with E-state index < -0.39 is 12.0 Å². The van der Waals surface area contributed by atoms with Crippen molar-refractivity contribution in [3.8, 4) is 17.6 Å². The molecule has 5 rings (SSSR count). The Morgan fingerprint density at radius 3 is 2.63 bits per heavy atom. The van der Waals surface area contributed by atoms with Crippen LogP contribution < -0.4 is 24.4 Å². The Bertz CT molecular complexity index is 1920. The molecule has 0 N–H and O–H groups in total. The number of carbonyl (C=O) groups is 1. The molecule has 1 aliphatic rings. The SMILES string of the molecule is COC(=O)C1=C(C)N=c2s/c(=C\c3ccccc3OCc3ccccc3C#N)c(=O)n2[C@@H]1c1cc(Cl)ccc1OC. The van der Waals surface area contributed by atoms with Gasteiger partial charge in [0.1, 0.15) is 24.1 Å². The first kappa shape index (κ1) is 27.9. The van der Waals surface area contributed by atoms with Crippen LogP contribution in [0.4, 0.5) is 0 Å². The quantitative estimate of drug-likeness (QED) is 0.296. The predicted octanol–water partition coefficient (Wildman–Crippen LogP) is 4.52. The number of esters is 1. The number of rotatable bonds is 7. The third-order valence-corrected chi connectivity index (χ3v) is 7.86. The number of allylic oxidation sites excluding steroid dienone is 1. The molecular formula is C31H24ClN3O5S. The number of ether oxygens (including phenoxy) is 3. The first-order valence-electron chi connectivity index (χ1n) is 12.5. The first-order valence-corrected chi connectivity index (χ1v) is 13.7. The second-order valence-corrected chi connectivity index (χ2v) is 10.5. The molecule has 4 aromatic rings. The second-order valence-electron chi connectivity index (χ2n) is 9.06. The number of para-hydroxylation sites is 1. The van der Waals surface area contributed by atoms with E-state index in [-0.39, 0.29) is 17.7 Å². The molecule has 0 bridgehead atoms. The summed E-state index contributed by atoms with van der Waals surface area (Å²) in [5, 5.41) is 9.83. The van der Waals surface area contributed by atoms with E-state index in [1.165, 1.54) is 30.1 Å². The summed E-state index contributed by atoms with van der Waals surface area (Å²) in [7, 11) is 2.79. The highest BCUT2D eigenvalue weighted by Crippen LogP contribution is 2.37. The van der Waals surface area contributed by atoms with Crippen molar-refractivity contribution in [2.75, 3.05) is 14.2 Å². The Morgan fingerprint density at radius 2 is 1.88 bits per heavy atom. The maximum absolute atomic E-state index is 14.0. The zero-order chi connectivity index (χ0) is 29.1. The minimum absolute atomic E-state index is 0.187. The molecule has 8 nitrogen and oxygen atoms in total. The Labute approximate surface area is 244 Å². The Morgan fingerprint density at radius 1 is 1.12 bits per heavy atom. The lowest BCUT2D eigenvalue weighted by molar-refractivity contribution is -0.136. The predicted molar refractivity (Wildman–Crippen MR) is 156 cm³/mol. The molecule has 0 saturated carbocycles. The van der Waals surface area contributed by atoms with Gasteiger partial charge in [-0.2, -0.15) is 5.26 Å². The monoisotopic (exact) mass is 585 g/mol. The summed E-state index contributed by atoms with van der Waals surface area (Å²) >= 11 is 7.54. The molecule has 0 spiro atoms. The molecule has 0 unspecified atom stereocenters. The summed E-state index contributed by atoms with van der Waals surface area (Å²) in [5.74, 6) is 0.399. The number of benzene rings is 3. The average Bonchev–Trinajstić information content (AvgIpc) is 3.29. The van der Waals surface area contributed by atoms with E-state index in [0.717, 1.165) is 5.56 Å². The van der Waals surface area contributed by atoms with Gasteiger partial charge < -0.3 is 14.2 Å². The number of nitrogens with zero attached hydrogens (tertiary/aromatic N) is 3. The molecule has 0 aliphatic carbocycles. The summed E-state index contributed by atoms with van der Waals surface area (Å²) in [5.41, 5.74) is 2.79. The Balaban J connectivity index is 1.64. The van der Waals surface area contributed by atoms with Crippen molar-refractivity contribution in [2.45, 2.75) is 19.6 Å². The maximum atomic E-state index is 14.0. The third kappa shape index (κ3) is 5.40.